The summed E-state index contributed by atoms with van der Waals surface area (Å²) in [7, 11) is 1.72. The molecule has 2 N–H and O–H groups in total. The molecule has 1 aromatic carbocycles. The van der Waals surface area contributed by atoms with Gasteiger partial charge in [0.2, 0.25) is 0 Å². The normalized spacial score (nSPS) is 12.8. The Balaban J connectivity index is 2.85. The molecule has 0 radical (unpaired) electrons. The Morgan fingerprint density at radius 3 is 2.41 bits per heavy atom. The number of hydrogen-bond acceptors (Lipinski definition) is 3. The van der Waals surface area contributed by atoms with Gasteiger partial charge in [-0.05, 0) is 31.2 Å². The lowest BCUT2D eigenvalue weighted by Gasteiger charge is -2.12. The summed E-state index contributed by atoms with van der Waals surface area (Å²) in [6, 6.07) is 2.68. The van der Waals surface area contributed by atoms with E-state index in [1.165, 1.54) is 12.1 Å². The summed E-state index contributed by atoms with van der Waals surface area (Å²) in [4.78, 5) is 0.0332. The number of rotatable bonds is 6. The van der Waals surface area contributed by atoms with Crippen molar-refractivity contribution in [3.05, 3.63) is 29.3 Å². The van der Waals surface area contributed by atoms with Crippen LogP contribution in [0.3, 0.4) is 0 Å². The number of nitrogens with one attached hydrogen (secondary N) is 1. The molecule has 5 heteroatoms. The third-order valence-corrected chi connectivity index (χ3v) is 3.56. The van der Waals surface area contributed by atoms with Gasteiger partial charge in [-0.3, -0.25) is 0 Å². The van der Waals surface area contributed by atoms with Crippen LogP contribution in [-0.4, -0.2) is 24.0 Å². The molecule has 1 rings (SSSR count). The number of benzene rings is 1. The molecule has 0 spiro atoms. The van der Waals surface area contributed by atoms with E-state index >= 15 is 0 Å². The van der Waals surface area contributed by atoms with E-state index in [1.54, 1.807) is 7.05 Å². The number of hydrogen-bond donors (Lipinski definition) is 2. The Labute approximate surface area is 104 Å². The molecular formula is C12H17F2NOS. The molecule has 1 unspecified atom stereocenters. The molecule has 0 heterocycles. The van der Waals surface area contributed by atoms with E-state index < -0.39 is 11.6 Å². The lowest BCUT2D eigenvalue weighted by atomic mass is 10.2. The highest BCUT2D eigenvalue weighted by atomic mass is 32.2. The van der Waals surface area contributed by atoms with Crippen molar-refractivity contribution in [1.82, 2.24) is 5.32 Å². The second-order valence-corrected chi connectivity index (χ2v) is 5.31. The Kier molecular flexibility index (Phi) is 5.88. The third kappa shape index (κ3) is 4.26. The van der Waals surface area contributed by atoms with Gasteiger partial charge >= 0.3 is 0 Å². The van der Waals surface area contributed by atoms with Crippen molar-refractivity contribution in [3.8, 4) is 0 Å². The van der Waals surface area contributed by atoms with Gasteiger partial charge in [-0.15, -0.1) is 11.8 Å². The molecule has 1 atom stereocenters. The molecule has 1 aromatic rings. The summed E-state index contributed by atoms with van der Waals surface area (Å²) in [5.74, 6) is -1.07. The number of aliphatic hydroxyl groups excluding tert-OH is 1. The summed E-state index contributed by atoms with van der Waals surface area (Å²) in [5, 5.41) is 11.6. The molecule has 0 aliphatic carbocycles. The quantitative estimate of drug-likeness (QED) is 0.772. The highest BCUT2D eigenvalue weighted by Crippen LogP contribution is 2.30. The molecule has 0 aliphatic heterocycles. The number of thioether (sulfide) groups is 1. The van der Waals surface area contributed by atoms with Gasteiger partial charge in [0.05, 0.1) is 4.90 Å². The van der Waals surface area contributed by atoms with Gasteiger partial charge in [0.1, 0.15) is 11.6 Å². The molecule has 0 aliphatic rings. The van der Waals surface area contributed by atoms with Gasteiger partial charge in [-0.25, -0.2) is 8.78 Å². The van der Waals surface area contributed by atoms with Crippen LogP contribution in [0, 0.1) is 11.6 Å². The first-order valence-electron chi connectivity index (χ1n) is 5.48. The topological polar surface area (TPSA) is 32.3 Å². The van der Waals surface area contributed by atoms with Gasteiger partial charge in [-0.2, -0.15) is 0 Å². The fraction of sp³-hybridized carbons (Fsp3) is 0.500. The zero-order valence-corrected chi connectivity index (χ0v) is 10.8. The van der Waals surface area contributed by atoms with E-state index in [0.29, 0.717) is 18.5 Å². The number of halogens is 2. The largest absolute Gasteiger partial charge is 0.396 e. The molecule has 0 aromatic heterocycles. The van der Waals surface area contributed by atoms with E-state index in [4.69, 9.17) is 5.11 Å². The van der Waals surface area contributed by atoms with Crippen LogP contribution in [0.5, 0.6) is 0 Å². The Hall–Kier alpha value is -0.650. The van der Waals surface area contributed by atoms with E-state index in [-0.39, 0.29) is 16.8 Å². The van der Waals surface area contributed by atoms with E-state index in [9.17, 15) is 8.78 Å². The van der Waals surface area contributed by atoms with Crippen LogP contribution in [0.25, 0.3) is 0 Å². The van der Waals surface area contributed by atoms with Crippen molar-refractivity contribution in [2.24, 2.45) is 0 Å². The Morgan fingerprint density at radius 2 is 1.94 bits per heavy atom. The molecule has 0 saturated heterocycles. The fourth-order valence-electron chi connectivity index (χ4n) is 1.47. The van der Waals surface area contributed by atoms with E-state index in [2.05, 4.69) is 5.32 Å². The molecular weight excluding hydrogens is 244 g/mol. The van der Waals surface area contributed by atoms with Crippen molar-refractivity contribution in [1.29, 1.82) is 0 Å². The zero-order valence-electron chi connectivity index (χ0n) is 9.96. The minimum Gasteiger partial charge on any atom is -0.396 e. The van der Waals surface area contributed by atoms with Crippen LogP contribution in [0.2, 0.25) is 0 Å². The van der Waals surface area contributed by atoms with E-state index in [1.807, 2.05) is 6.92 Å². The minimum absolute atomic E-state index is 0.0147. The first-order chi connectivity index (χ1) is 8.08. The van der Waals surface area contributed by atoms with Crippen molar-refractivity contribution < 1.29 is 13.9 Å². The fourth-order valence-corrected chi connectivity index (χ4v) is 2.44. The highest BCUT2D eigenvalue weighted by molar-refractivity contribution is 8.00. The first-order valence-corrected chi connectivity index (χ1v) is 6.36. The molecule has 0 fully saturated rings. The Bertz CT molecular complexity index is 351. The lowest BCUT2D eigenvalue weighted by Crippen LogP contribution is -2.07. The minimum atomic E-state index is -0.537. The molecule has 0 saturated carbocycles. The van der Waals surface area contributed by atoms with Crippen LogP contribution >= 0.6 is 11.8 Å². The van der Waals surface area contributed by atoms with Crippen molar-refractivity contribution in [2.45, 2.75) is 30.0 Å². The average Bonchev–Trinajstić information content (AvgIpc) is 2.24. The second kappa shape index (κ2) is 6.93. The molecule has 0 amide bonds. The van der Waals surface area contributed by atoms with Crippen LogP contribution in [0.4, 0.5) is 8.78 Å². The predicted molar refractivity (Wildman–Crippen MR) is 66.1 cm³/mol. The molecule has 0 bridgehead atoms. The average molecular weight is 261 g/mol. The van der Waals surface area contributed by atoms with Gasteiger partial charge < -0.3 is 10.4 Å². The monoisotopic (exact) mass is 261 g/mol. The van der Waals surface area contributed by atoms with Crippen molar-refractivity contribution >= 4 is 11.8 Å². The number of aliphatic hydroxyl groups is 1. The van der Waals surface area contributed by atoms with Gasteiger partial charge in [-0.1, -0.05) is 6.92 Å². The van der Waals surface area contributed by atoms with Crippen LogP contribution in [0.1, 0.15) is 18.9 Å². The molecule has 96 valence electrons. The Morgan fingerprint density at radius 1 is 1.35 bits per heavy atom. The second-order valence-electron chi connectivity index (χ2n) is 3.86. The van der Waals surface area contributed by atoms with Crippen LogP contribution in [0.15, 0.2) is 17.0 Å². The zero-order chi connectivity index (χ0) is 12.8. The summed E-state index contributed by atoms with van der Waals surface area (Å²) in [6.45, 7) is 2.29. The van der Waals surface area contributed by atoms with E-state index in [0.717, 1.165) is 11.8 Å². The maximum Gasteiger partial charge on any atom is 0.140 e. The van der Waals surface area contributed by atoms with Gasteiger partial charge in [0.15, 0.2) is 0 Å². The van der Waals surface area contributed by atoms with Gasteiger partial charge in [0, 0.05) is 18.4 Å². The lowest BCUT2D eigenvalue weighted by molar-refractivity contribution is 0.289. The summed E-state index contributed by atoms with van der Waals surface area (Å²) in [6.07, 6.45) is 0.516. The van der Waals surface area contributed by atoms with Crippen LogP contribution in [-0.2, 0) is 6.54 Å². The maximum absolute atomic E-state index is 13.7. The summed E-state index contributed by atoms with van der Waals surface area (Å²) in [5.41, 5.74) is 0.585. The molecule has 2 nitrogen and oxygen atoms in total. The summed E-state index contributed by atoms with van der Waals surface area (Å²) >= 11 is 1.12. The third-order valence-electron chi connectivity index (χ3n) is 2.29. The van der Waals surface area contributed by atoms with Gasteiger partial charge in [0.25, 0.3) is 0 Å². The SMILES string of the molecule is CNCc1cc(F)c(SC(C)CCO)c(F)c1. The summed E-state index contributed by atoms with van der Waals surface area (Å²) < 4.78 is 27.4. The highest BCUT2D eigenvalue weighted by Gasteiger charge is 2.14. The van der Waals surface area contributed by atoms with Crippen LogP contribution < -0.4 is 5.32 Å². The smallest absolute Gasteiger partial charge is 0.140 e. The first kappa shape index (κ1) is 14.4. The predicted octanol–water partition coefficient (Wildman–Crippen LogP) is 2.55. The van der Waals surface area contributed by atoms with Crippen molar-refractivity contribution in [3.63, 3.8) is 0 Å². The standard InChI is InChI=1S/C12H17F2NOS/c1-8(3-4-16)17-12-10(13)5-9(7-15-2)6-11(12)14/h5-6,8,15-16H,3-4,7H2,1-2H3. The maximum atomic E-state index is 13.7. The van der Waals surface area contributed by atoms with Crippen molar-refractivity contribution in [2.75, 3.05) is 13.7 Å². The molecule has 17 heavy (non-hydrogen) atoms.